The van der Waals surface area contributed by atoms with Gasteiger partial charge in [-0.25, -0.2) is 4.98 Å². The van der Waals surface area contributed by atoms with Gasteiger partial charge in [-0.3, -0.25) is 14.2 Å². The molecule has 0 amide bonds. The molecule has 0 N–H and O–H groups in total. The molecule has 0 radical (unpaired) electrons. The zero-order valence-electron chi connectivity index (χ0n) is 15.2. The predicted molar refractivity (Wildman–Crippen MR) is 107 cm³/mol. The molecule has 0 saturated carbocycles. The largest absolute Gasteiger partial charge is 0.459 e. The van der Waals surface area contributed by atoms with E-state index in [1.807, 2.05) is 18.2 Å². The number of fused-ring (bicyclic) bond motifs is 1. The number of halogens is 1. The number of ether oxygens (including phenoxy) is 1. The molecule has 2 aromatic heterocycles. The third-order valence-electron chi connectivity index (χ3n) is 4.36. The fourth-order valence-corrected chi connectivity index (χ4v) is 2.96. The molecule has 0 saturated heterocycles. The van der Waals surface area contributed by atoms with Crippen LogP contribution >= 0.6 is 11.6 Å². The minimum Gasteiger partial charge on any atom is -0.459 e. The van der Waals surface area contributed by atoms with Crippen molar-refractivity contribution in [3.8, 4) is 11.3 Å². The van der Waals surface area contributed by atoms with Gasteiger partial charge in [0.25, 0.3) is 5.56 Å². The summed E-state index contributed by atoms with van der Waals surface area (Å²) in [6.45, 7) is 0.172. The number of esters is 1. The van der Waals surface area contributed by atoms with Crippen LogP contribution in [0.1, 0.15) is 12.1 Å². The molecule has 0 bridgehead atoms. The summed E-state index contributed by atoms with van der Waals surface area (Å²) >= 11 is 5.87. The maximum absolute atomic E-state index is 12.4. The summed E-state index contributed by atoms with van der Waals surface area (Å²) in [6.07, 6.45) is 1.48. The zero-order valence-corrected chi connectivity index (χ0v) is 16.0. The summed E-state index contributed by atoms with van der Waals surface area (Å²) in [7, 11) is 0. The number of carbonyl (C=O) groups excluding carboxylic acids is 1. The third kappa shape index (κ3) is 4.35. The SMILES string of the molecule is O=C(CCn1cnc2ccccc2c1=O)OCc1cc(-c2ccc(Cl)cc2)on1. The molecule has 2 aromatic carbocycles. The van der Waals surface area contributed by atoms with Crippen LogP contribution in [0, 0.1) is 0 Å². The molecule has 0 aliphatic rings. The third-order valence-corrected chi connectivity index (χ3v) is 4.61. The van der Waals surface area contributed by atoms with E-state index in [1.54, 1.807) is 36.4 Å². The monoisotopic (exact) mass is 409 g/mol. The van der Waals surface area contributed by atoms with Crippen LogP contribution in [-0.4, -0.2) is 20.7 Å². The Morgan fingerprint density at radius 3 is 2.76 bits per heavy atom. The molecule has 0 atom stereocenters. The number of aromatic nitrogens is 3. The molecule has 4 aromatic rings. The van der Waals surface area contributed by atoms with Crippen molar-refractivity contribution in [2.24, 2.45) is 0 Å². The number of rotatable bonds is 6. The highest BCUT2D eigenvalue weighted by atomic mass is 35.5. The number of para-hydroxylation sites is 1. The van der Waals surface area contributed by atoms with Gasteiger partial charge in [-0.1, -0.05) is 28.9 Å². The highest BCUT2D eigenvalue weighted by molar-refractivity contribution is 6.30. The van der Waals surface area contributed by atoms with Crippen LogP contribution in [0.4, 0.5) is 0 Å². The highest BCUT2D eigenvalue weighted by Crippen LogP contribution is 2.22. The zero-order chi connectivity index (χ0) is 20.2. The van der Waals surface area contributed by atoms with Crippen LogP contribution < -0.4 is 5.56 Å². The summed E-state index contributed by atoms with van der Waals surface area (Å²) in [5.74, 6) is 0.114. The summed E-state index contributed by atoms with van der Waals surface area (Å²) < 4.78 is 11.9. The summed E-state index contributed by atoms with van der Waals surface area (Å²) in [6, 6.07) is 15.9. The second kappa shape index (κ2) is 8.28. The Balaban J connectivity index is 1.33. The van der Waals surface area contributed by atoms with Gasteiger partial charge in [-0.05, 0) is 36.4 Å². The standard InChI is InChI=1S/C21H16ClN3O4/c22-15-7-5-14(6-8-15)19-11-16(24-29-19)12-28-20(26)9-10-25-13-23-18-4-2-1-3-17(18)21(25)27/h1-8,11,13H,9-10,12H2. The number of benzene rings is 2. The first-order valence-corrected chi connectivity index (χ1v) is 9.29. The van der Waals surface area contributed by atoms with E-state index >= 15 is 0 Å². The van der Waals surface area contributed by atoms with Gasteiger partial charge in [0.2, 0.25) is 0 Å². The molecule has 0 aliphatic heterocycles. The molecule has 0 spiro atoms. The molecule has 29 heavy (non-hydrogen) atoms. The van der Waals surface area contributed by atoms with Crippen molar-refractivity contribution in [3.63, 3.8) is 0 Å². The van der Waals surface area contributed by atoms with E-state index in [0.29, 0.717) is 27.4 Å². The van der Waals surface area contributed by atoms with E-state index < -0.39 is 5.97 Å². The van der Waals surface area contributed by atoms with Gasteiger partial charge in [-0.15, -0.1) is 0 Å². The van der Waals surface area contributed by atoms with E-state index in [2.05, 4.69) is 10.1 Å². The molecule has 2 heterocycles. The van der Waals surface area contributed by atoms with Gasteiger partial charge in [0.15, 0.2) is 5.76 Å². The lowest BCUT2D eigenvalue weighted by atomic mass is 10.2. The molecule has 0 aliphatic carbocycles. The lowest BCUT2D eigenvalue weighted by Gasteiger charge is -2.06. The summed E-state index contributed by atoms with van der Waals surface area (Å²) in [5.41, 5.74) is 1.75. The molecular formula is C21H16ClN3O4. The topological polar surface area (TPSA) is 87.2 Å². The molecular weight excluding hydrogens is 394 g/mol. The highest BCUT2D eigenvalue weighted by Gasteiger charge is 2.11. The average molecular weight is 410 g/mol. The molecule has 0 fully saturated rings. The van der Waals surface area contributed by atoms with Crippen LogP contribution in [0.15, 0.2) is 70.2 Å². The molecule has 4 rings (SSSR count). The van der Waals surface area contributed by atoms with Crippen molar-refractivity contribution in [2.75, 3.05) is 0 Å². The van der Waals surface area contributed by atoms with E-state index in [9.17, 15) is 9.59 Å². The van der Waals surface area contributed by atoms with Gasteiger partial charge in [0.05, 0.1) is 23.7 Å². The van der Waals surface area contributed by atoms with E-state index in [4.69, 9.17) is 20.9 Å². The van der Waals surface area contributed by atoms with E-state index in [-0.39, 0.29) is 25.1 Å². The summed E-state index contributed by atoms with van der Waals surface area (Å²) in [4.78, 5) is 28.7. The Morgan fingerprint density at radius 1 is 1.14 bits per heavy atom. The lowest BCUT2D eigenvalue weighted by Crippen LogP contribution is -2.22. The molecule has 146 valence electrons. The van der Waals surface area contributed by atoms with Crippen molar-refractivity contribution in [1.82, 2.24) is 14.7 Å². The van der Waals surface area contributed by atoms with Crippen LogP contribution in [-0.2, 0) is 22.7 Å². The maximum Gasteiger partial charge on any atom is 0.307 e. The number of nitrogens with zero attached hydrogens (tertiary/aromatic N) is 3. The van der Waals surface area contributed by atoms with E-state index in [1.165, 1.54) is 10.9 Å². The number of hydrogen-bond acceptors (Lipinski definition) is 6. The fourth-order valence-electron chi connectivity index (χ4n) is 2.83. The quantitative estimate of drug-likeness (QED) is 0.450. The normalized spacial score (nSPS) is 10.9. The van der Waals surface area contributed by atoms with Crippen molar-refractivity contribution in [3.05, 3.63) is 82.0 Å². The van der Waals surface area contributed by atoms with Gasteiger partial charge in [0, 0.05) is 23.2 Å². The maximum atomic E-state index is 12.4. The average Bonchev–Trinajstić information content (AvgIpc) is 3.21. The Hall–Kier alpha value is -3.45. The molecule has 8 heteroatoms. The van der Waals surface area contributed by atoms with Crippen molar-refractivity contribution < 1.29 is 14.1 Å². The van der Waals surface area contributed by atoms with Gasteiger partial charge in [-0.2, -0.15) is 0 Å². The first kappa shape index (κ1) is 18.9. The lowest BCUT2D eigenvalue weighted by molar-refractivity contribution is -0.145. The van der Waals surface area contributed by atoms with Crippen molar-refractivity contribution >= 4 is 28.5 Å². The second-order valence-corrected chi connectivity index (χ2v) is 6.80. The van der Waals surface area contributed by atoms with Crippen LogP contribution in [0.25, 0.3) is 22.2 Å². The minimum absolute atomic E-state index is 0.0131. The van der Waals surface area contributed by atoms with Crippen molar-refractivity contribution in [2.45, 2.75) is 19.6 Å². The van der Waals surface area contributed by atoms with E-state index in [0.717, 1.165) is 5.56 Å². The Bertz CT molecular complexity index is 1210. The number of hydrogen-bond donors (Lipinski definition) is 0. The smallest absolute Gasteiger partial charge is 0.307 e. The summed E-state index contributed by atoms with van der Waals surface area (Å²) in [5, 5.41) is 5.05. The van der Waals surface area contributed by atoms with Gasteiger partial charge < -0.3 is 9.26 Å². The van der Waals surface area contributed by atoms with Crippen LogP contribution in [0.2, 0.25) is 5.02 Å². The first-order chi connectivity index (χ1) is 14.1. The minimum atomic E-state index is -0.443. The van der Waals surface area contributed by atoms with Gasteiger partial charge in [0.1, 0.15) is 12.3 Å². The molecule has 7 nitrogen and oxygen atoms in total. The second-order valence-electron chi connectivity index (χ2n) is 6.36. The Kier molecular flexibility index (Phi) is 5.39. The predicted octanol–water partition coefficient (Wildman–Crippen LogP) is 3.84. The number of aryl methyl sites for hydroxylation is 1. The van der Waals surface area contributed by atoms with Crippen molar-refractivity contribution in [1.29, 1.82) is 0 Å². The fraction of sp³-hybridized carbons (Fsp3) is 0.143. The number of carbonyl (C=O) groups is 1. The Morgan fingerprint density at radius 2 is 1.93 bits per heavy atom. The first-order valence-electron chi connectivity index (χ1n) is 8.91. The Labute approximate surface area is 170 Å². The van der Waals surface area contributed by atoms with Crippen LogP contribution in [0.3, 0.4) is 0 Å². The van der Waals surface area contributed by atoms with Gasteiger partial charge >= 0.3 is 5.97 Å². The molecule has 0 unspecified atom stereocenters. The van der Waals surface area contributed by atoms with Crippen LogP contribution in [0.5, 0.6) is 0 Å².